The van der Waals surface area contributed by atoms with Gasteiger partial charge in [-0.2, -0.15) is 13.2 Å². The number of carbonyl (C=O) groups is 2. The first kappa shape index (κ1) is 29.1. The van der Waals surface area contributed by atoms with Crippen molar-refractivity contribution in [2.24, 2.45) is 11.3 Å². The first-order valence-electron chi connectivity index (χ1n) is 13.9. The van der Waals surface area contributed by atoms with Crippen LogP contribution < -0.4 is 5.32 Å². The minimum atomic E-state index is -4.45. The Balaban J connectivity index is 1.35. The second-order valence-electron chi connectivity index (χ2n) is 11.3. The van der Waals surface area contributed by atoms with Crippen LogP contribution in [0.1, 0.15) is 36.0 Å². The number of nitrogens with one attached hydrogen (secondary N) is 1. The molecular weight excluding hydrogens is 531 g/mol. The normalized spacial score (nSPS) is 30.2. The lowest BCUT2D eigenvalue weighted by Crippen LogP contribution is -2.52. The number of alkyl halides is 3. The number of benzene rings is 1. The predicted octanol–water partition coefficient (Wildman–Crippen LogP) is 2.85. The van der Waals surface area contributed by atoms with E-state index in [9.17, 15) is 22.8 Å². The van der Waals surface area contributed by atoms with Gasteiger partial charge < -0.3 is 34.1 Å². The number of nitrogens with zero attached hydrogens (tertiary/aromatic N) is 2. The molecule has 12 heteroatoms. The molecule has 9 nitrogen and oxygen atoms in total. The lowest BCUT2D eigenvalue weighted by atomic mass is 9.78. The first-order valence-corrected chi connectivity index (χ1v) is 13.9. The predicted molar refractivity (Wildman–Crippen MR) is 137 cm³/mol. The van der Waals surface area contributed by atoms with Crippen molar-refractivity contribution in [3.63, 3.8) is 0 Å². The molecule has 1 aromatic rings. The Morgan fingerprint density at radius 2 is 2.00 bits per heavy atom. The summed E-state index contributed by atoms with van der Waals surface area (Å²) in [5, 5.41) is 3.70. The molecule has 222 valence electrons. The van der Waals surface area contributed by atoms with E-state index in [-0.39, 0.29) is 56.3 Å². The van der Waals surface area contributed by atoms with Gasteiger partial charge in [0.2, 0.25) is 5.91 Å². The van der Waals surface area contributed by atoms with Crippen LogP contribution in [0.5, 0.6) is 0 Å². The number of ether oxygens (including phenoxy) is 4. The molecule has 1 N–H and O–H groups in total. The maximum Gasteiger partial charge on any atom is 0.416 e. The SMILES string of the molecule is COCCOC(=O)N1C[C@@H]2C[C@@H](N[C@H]3CCOC[C@H]3OC)C[C@]2(C(=O)N2CCc3ccc(C(F)(F)F)cc3C2)C1. The Labute approximate surface area is 232 Å². The van der Waals surface area contributed by atoms with Crippen molar-refractivity contribution in [2.45, 2.75) is 56.6 Å². The molecule has 3 fully saturated rings. The number of carbonyl (C=O) groups excluding carboxylic acids is 2. The van der Waals surface area contributed by atoms with E-state index in [4.69, 9.17) is 18.9 Å². The first-order chi connectivity index (χ1) is 19.1. The fraction of sp³-hybridized carbons (Fsp3) is 0.714. The summed E-state index contributed by atoms with van der Waals surface area (Å²) in [4.78, 5) is 30.4. The van der Waals surface area contributed by atoms with E-state index in [1.165, 1.54) is 13.2 Å². The summed E-state index contributed by atoms with van der Waals surface area (Å²) < 4.78 is 61.7. The number of hydrogen-bond acceptors (Lipinski definition) is 7. The lowest BCUT2D eigenvalue weighted by Gasteiger charge is -2.38. The zero-order valence-corrected chi connectivity index (χ0v) is 23.0. The highest BCUT2D eigenvalue weighted by atomic mass is 19.4. The molecule has 1 aromatic carbocycles. The zero-order chi connectivity index (χ0) is 28.5. The van der Waals surface area contributed by atoms with Gasteiger partial charge >= 0.3 is 12.3 Å². The van der Waals surface area contributed by atoms with Crippen molar-refractivity contribution in [3.8, 4) is 0 Å². The molecule has 0 radical (unpaired) electrons. The molecule has 40 heavy (non-hydrogen) atoms. The third-order valence-corrected chi connectivity index (χ3v) is 8.96. The van der Waals surface area contributed by atoms with Gasteiger partial charge in [0.25, 0.3) is 0 Å². The minimum absolute atomic E-state index is 0.0373. The Bertz CT molecular complexity index is 1090. The number of rotatable bonds is 7. The second-order valence-corrected chi connectivity index (χ2v) is 11.3. The van der Waals surface area contributed by atoms with Gasteiger partial charge in [0, 0.05) is 59.1 Å². The molecule has 4 aliphatic rings. The van der Waals surface area contributed by atoms with E-state index in [2.05, 4.69) is 5.32 Å². The van der Waals surface area contributed by atoms with E-state index in [1.807, 2.05) is 0 Å². The number of fused-ring (bicyclic) bond motifs is 2. The van der Waals surface area contributed by atoms with Crippen molar-refractivity contribution in [1.29, 1.82) is 0 Å². The molecule has 2 amide bonds. The maximum absolute atomic E-state index is 14.3. The third kappa shape index (κ3) is 5.81. The molecule has 3 heterocycles. The van der Waals surface area contributed by atoms with Crippen LogP contribution >= 0.6 is 0 Å². The largest absolute Gasteiger partial charge is 0.447 e. The van der Waals surface area contributed by atoms with Gasteiger partial charge in [0.15, 0.2) is 0 Å². The Morgan fingerprint density at radius 1 is 1.18 bits per heavy atom. The number of likely N-dealkylation sites (tertiary alicyclic amines) is 1. The fourth-order valence-electron chi connectivity index (χ4n) is 6.93. The Morgan fingerprint density at radius 3 is 2.75 bits per heavy atom. The summed E-state index contributed by atoms with van der Waals surface area (Å²) in [6.07, 6.45) is -2.51. The van der Waals surface area contributed by atoms with Crippen LogP contribution in [0.15, 0.2) is 18.2 Å². The van der Waals surface area contributed by atoms with Gasteiger partial charge in [-0.3, -0.25) is 4.79 Å². The Kier molecular flexibility index (Phi) is 8.61. The topological polar surface area (TPSA) is 89.6 Å². The van der Waals surface area contributed by atoms with Crippen molar-refractivity contribution in [3.05, 3.63) is 34.9 Å². The molecule has 0 unspecified atom stereocenters. The van der Waals surface area contributed by atoms with Gasteiger partial charge in [-0.25, -0.2) is 4.79 Å². The van der Waals surface area contributed by atoms with Crippen LogP contribution in [0.25, 0.3) is 0 Å². The molecule has 1 aliphatic carbocycles. The van der Waals surface area contributed by atoms with E-state index in [0.717, 1.165) is 24.1 Å². The quantitative estimate of drug-likeness (QED) is 0.506. The molecular formula is C28H38F3N3O6. The standard InChI is InChI=1S/C28H38F3N3O6/c1-37-9-10-40-26(36)34-15-21-12-22(32-23-6-8-39-16-24(23)38-2)13-27(21,17-34)25(35)33-7-5-18-3-4-20(28(29,30)31)11-19(18)14-33/h3-4,11,21-24,32H,5-10,12-17H2,1-2H3/t21-,22+,23-,24+,27-/m0/s1. The average molecular weight is 570 g/mol. The van der Waals surface area contributed by atoms with Crippen LogP contribution in [-0.4, -0.2) is 100 Å². The molecule has 0 bridgehead atoms. The summed E-state index contributed by atoms with van der Waals surface area (Å²) in [6, 6.07) is 3.91. The van der Waals surface area contributed by atoms with E-state index in [0.29, 0.717) is 51.1 Å². The van der Waals surface area contributed by atoms with Crippen molar-refractivity contribution in [2.75, 3.05) is 60.3 Å². The number of amides is 2. The number of halogens is 3. The van der Waals surface area contributed by atoms with Gasteiger partial charge in [-0.15, -0.1) is 0 Å². The summed E-state index contributed by atoms with van der Waals surface area (Å²) in [6.45, 7) is 2.68. The highest BCUT2D eigenvalue weighted by Crippen LogP contribution is 2.51. The zero-order valence-electron chi connectivity index (χ0n) is 23.0. The van der Waals surface area contributed by atoms with Gasteiger partial charge in [0.1, 0.15) is 6.61 Å². The molecule has 3 aliphatic heterocycles. The highest BCUT2D eigenvalue weighted by molar-refractivity contribution is 5.86. The van der Waals surface area contributed by atoms with Crippen molar-refractivity contribution in [1.82, 2.24) is 15.1 Å². The smallest absolute Gasteiger partial charge is 0.416 e. The molecule has 0 spiro atoms. The molecule has 2 saturated heterocycles. The molecule has 5 atom stereocenters. The maximum atomic E-state index is 14.3. The third-order valence-electron chi connectivity index (χ3n) is 8.96. The van der Waals surface area contributed by atoms with Crippen LogP contribution in [0.4, 0.5) is 18.0 Å². The lowest BCUT2D eigenvalue weighted by molar-refractivity contribution is -0.143. The number of hydrogen-bond donors (Lipinski definition) is 1. The Hall–Kier alpha value is -2.41. The van der Waals surface area contributed by atoms with Crippen LogP contribution in [-0.2, 0) is 42.9 Å². The van der Waals surface area contributed by atoms with Crippen LogP contribution in [0.2, 0.25) is 0 Å². The van der Waals surface area contributed by atoms with Crippen molar-refractivity contribution < 1.29 is 41.7 Å². The van der Waals surface area contributed by atoms with Crippen LogP contribution in [0.3, 0.4) is 0 Å². The summed E-state index contributed by atoms with van der Waals surface area (Å²) in [7, 11) is 3.18. The summed E-state index contributed by atoms with van der Waals surface area (Å²) in [5.41, 5.74) is -0.201. The van der Waals surface area contributed by atoms with Crippen molar-refractivity contribution >= 4 is 12.0 Å². The van der Waals surface area contributed by atoms with Gasteiger partial charge in [0.05, 0.1) is 30.3 Å². The summed E-state index contributed by atoms with van der Waals surface area (Å²) in [5.74, 6) is -0.205. The van der Waals surface area contributed by atoms with E-state index >= 15 is 0 Å². The average Bonchev–Trinajstić information content (AvgIpc) is 3.47. The van der Waals surface area contributed by atoms with Gasteiger partial charge in [-0.1, -0.05) is 6.07 Å². The summed E-state index contributed by atoms with van der Waals surface area (Å²) >= 11 is 0. The highest BCUT2D eigenvalue weighted by Gasteiger charge is 2.60. The van der Waals surface area contributed by atoms with Crippen LogP contribution in [0, 0.1) is 11.3 Å². The van der Waals surface area contributed by atoms with E-state index < -0.39 is 23.2 Å². The second kappa shape index (κ2) is 11.8. The van der Waals surface area contributed by atoms with E-state index in [1.54, 1.807) is 16.9 Å². The molecule has 0 aromatic heterocycles. The number of methoxy groups -OCH3 is 2. The fourth-order valence-corrected chi connectivity index (χ4v) is 6.93. The monoisotopic (exact) mass is 569 g/mol. The van der Waals surface area contributed by atoms with Gasteiger partial charge in [-0.05, 0) is 54.9 Å². The molecule has 5 rings (SSSR count). The minimum Gasteiger partial charge on any atom is -0.447 e. The molecule has 1 saturated carbocycles.